The lowest BCUT2D eigenvalue weighted by atomic mass is 10.0. The Labute approximate surface area is 97.1 Å². The molecule has 1 aliphatic heterocycles. The lowest BCUT2D eigenvalue weighted by Gasteiger charge is -2.28. The minimum atomic E-state index is -0.940. The second kappa shape index (κ2) is 5.28. The first kappa shape index (κ1) is 12.9. The van der Waals surface area contributed by atoms with Crippen molar-refractivity contribution in [2.24, 2.45) is 11.5 Å². The number of hydrogen-bond donors (Lipinski definition) is 4. The molecule has 1 rings (SSSR count). The van der Waals surface area contributed by atoms with Crippen LogP contribution in [0, 0.1) is 0 Å². The van der Waals surface area contributed by atoms with Crippen molar-refractivity contribution in [2.75, 3.05) is 0 Å². The Morgan fingerprint density at radius 1 is 1.00 bits per heavy atom. The molecule has 0 aromatic rings. The molecule has 1 heterocycles. The van der Waals surface area contributed by atoms with Gasteiger partial charge in [0.25, 0.3) is 0 Å². The van der Waals surface area contributed by atoms with Gasteiger partial charge in [0.2, 0.25) is 23.6 Å². The third kappa shape index (κ3) is 3.74. The highest BCUT2D eigenvalue weighted by molar-refractivity contribution is 5.99. The molecule has 1 saturated heterocycles. The van der Waals surface area contributed by atoms with Crippen LogP contribution in [-0.4, -0.2) is 35.7 Å². The van der Waals surface area contributed by atoms with Crippen molar-refractivity contribution >= 4 is 23.6 Å². The largest absolute Gasteiger partial charge is 0.370 e. The summed E-state index contributed by atoms with van der Waals surface area (Å²) in [5.41, 5.74) is 9.87. The fourth-order valence-electron chi connectivity index (χ4n) is 1.51. The highest BCUT2D eigenvalue weighted by Gasteiger charge is 2.34. The van der Waals surface area contributed by atoms with Gasteiger partial charge in [-0.05, 0) is 6.42 Å². The summed E-state index contributed by atoms with van der Waals surface area (Å²) < 4.78 is 0. The van der Waals surface area contributed by atoms with Crippen LogP contribution in [0.25, 0.3) is 0 Å². The van der Waals surface area contributed by atoms with Crippen LogP contribution in [0.15, 0.2) is 0 Å². The number of primary amides is 2. The first-order valence-electron chi connectivity index (χ1n) is 5.07. The zero-order chi connectivity index (χ0) is 13.0. The number of piperazine rings is 1. The Bertz CT molecular complexity index is 368. The molecule has 0 aromatic carbocycles. The molecular formula is C9H14N4O4. The molecule has 1 aliphatic rings. The average Bonchev–Trinajstić information content (AvgIpc) is 2.20. The van der Waals surface area contributed by atoms with Gasteiger partial charge < -0.3 is 22.1 Å². The molecule has 2 atom stereocenters. The highest BCUT2D eigenvalue weighted by Crippen LogP contribution is 2.05. The van der Waals surface area contributed by atoms with E-state index in [4.69, 9.17) is 11.5 Å². The molecule has 6 N–H and O–H groups in total. The maximum atomic E-state index is 11.5. The number of carbonyl (C=O) groups excluding carboxylic acids is 4. The molecule has 0 unspecified atom stereocenters. The lowest BCUT2D eigenvalue weighted by molar-refractivity contribution is -0.138. The third-order valence-corrected chi connectivity index (χ3v) is 2.35. The molecule has 0 saturated carbocycles. The monoisotopic (exact) mass is 242 g/mol. The number of nitrogens with one attached hydrogen (secondary N) is 2. The van der Waals surface area contributed by atoms with Gasteiger partial charge >= 0.3 is 0 Å². The molecule has 0 aromatic heterocycles. The van der Waals surface area contributed by atoms with E-state index in [2.05, 4.69) is 10.6 Å². The maximum absolute atomic E-state index is 11.5. The average molecular weight is 242 g/mol. The molecule has 0 spiro atoms. The number of nitrogens with two attached hydrogens (primary N) is 2. The van der Waals surface area contributed by atoms with Gasteiger partial charge in [-0.1, -0.05) is 0 Å². The fourth-order valence-corrected chi connectivity index (χ4v) is 1.51. The summed E-state index contributed by atoms with van der Waals surface area (Å²) in [6.45, 7) is 0. The van der Waals surface area contributed by atoms with Crippen molar-refractivity contribution < 1.29 is 19.2 Å². The van der Waals surface area contributed by atoms with Crippen LogP contribution in [0.3, 0.4) is 0 Å². The Kier molecular flexibility index (Phi) is 4.02. The van der Waals surface area contributed by atoms with Crippen molar-refractivity contribution in [1.29, 1.82) is 0 Å². The summed E-state index contributed by atoms with van der Waals surface area (Å²) in [6.07, 6.45) is -0.116. The van der Waals surface area contributed by atoms with Crippen LogP contribution in [0.4, 0.5) is 0 Å². The molecule has 8 heteroatoms. The minimum Gasteiger partial charge on any atom is -0.370 e. The zero-order valence-corrected chi connectivity index (χ0v) is 9.06. The van der Waals surface area contributed by atoms with E-state index >= 15 is 0 Å². The molecule has 4 amide bonds. The van der Waals surface area contributed by atoms with Crippen LogP contribution >= 0.6 is 0 Å². The fraction of sp³-hybridized carbons (Fsp3) is 0.556. The predicted molar refractivity (Wildman–Crippen MR) is 56.1 cm³/mol. The van der Waals surface area contributed by atoms with Gasteiger partial charge in [0.15, 0.2) is 0 Å². The van der Waals surface area contributed by atoms with Gasteiger partial charge in [0.05, 0.1) is 6.42 Å². The minimum absolute atomic E-state index is 0.00114. The lowest BCUT2D eigenvalue weighted by Crippen LogP contribution is -2.62. The topological polar surface area (TPSA) is 144 Å². The van der Waals surface area contributed by atoms with Gasteiger partial charge in [-0.15, -0.1) is 0 Å². The Hall–Kier alpha value is -2.12. The van der Waals surface area contributed by atoms with Crippen LogP contribution < -0.4 is 22.1 Å². The summed E-state index contributed by atoms with van der Waals surface area (Å²) in [7, 11) is 0. The van der Waals surface area contributed by atoms with Gasteiger partial charge in [0, 0.05) is 6.42 Å². The maximum Gasteiger partial charge on any atom is 0.243 e. The van der Waals surface area contributed by atoms with E-state index in [1.165, 1.54) is 0 Å². The van der Waals surface area contributed by atoms with Crippen LogP contribution in [0.1, 0.15) is 19.3 Å². The first-order chi connectivity index (χ1) is 7.90. The van der Waals surface area contributed by atoms with Crippen LogP contribution in [0.2, 0.25) is 0 Å². The summed E-state index contributed by atoms with van der Waals surface area (Å²) in [5, 5.41) is 4.78. The molecule has 0 radical (unpaired) electrons. The number of rotatable bonds is 5. The van der Waals surface area contributed by atoms with E-state index in [9.17, 15) is 19.2 Å². The Balaban J connectivity index is 2.55. The van der Waals surface area contributed by atoms with E-state index in [0.717, 1.165) is 0 Å². The second-order valence-corrected chi connectivity index (χ2v) is 3.80. The molecule has 17 heavy (non-hydrogen) atoms. The number of carbonyl (C=O) groups is 4. The summed E-state index contributed by atoms with van der Waals surface area (Å²) >= 11 is 0. The quantitative estimate of drug-likeness (QED) is 0.410. The van der Waals surface area contributed by atoms with Crippen molar-refractivity contribution in [1.82, 2.24) is 10.6 Å². The van der Waals surface area contributed by atoms with Crippen molar-refractivity contribution in [3.05, 3.63) is 0 Å². The van der Waals surface area contributed by atoms with Gasteiger partial charge in [-0.25, -0.2) is 0 Å². The molecule has 8 nitrogen and oxygen atoms in total. The van der Waals surface area contributed by atoms with Gasteiger partial charge in [-0.3, -0.25) is 19.2 Å². The Morgan fingerprint density at radius 2 is 1.53 bits per heavy atom. The summed E-state index contributed by atoms with van der Waals surface area (Å²) in [5.74, 6) is -2.16. The predicted octanol–water partition coefficient (Wildman–Crippen LogP) is -2.89. The van der Waals surface area contributed by atoms with E-state index in [1.807, 2.05) is 0 Å². The van der Waals surface area contributed by atoms with E-state index in [0.29, 0.717) is 0 Å². The zero-order valence-electron chi connectivity index (χ0n) is 9.06. The highest BCUT2D eigenvalue weighted by atomic mass is 16.2. The first-order valence-corrected chi connectivity index (χ1v) is 5.07. The van der Waals surface area contributed by atoms with E-state index in [-0.39, 0.29) is 19.3 Å². The Morgan fingerprint density at radius 3 is 2.06 bits per heavy atom. The second-order valence-electron chi connectivity index (χ2n) is 3.80. The summed E-state index contributed by atoms with van der Waals surface area (Å²) in [6, 6.07) is -1.73. The standard InChI is InChI=1S/C9H14N4O4/c10-6(14)2-1-4-8(16)13-5(3-7(11)15)9(17)12-4/h4-5H,1-3H2,(H2,10,14)(H2,11,15)(H,12,17)(H,13,16)/t4-,5-/m0/s1. The van der Waals surface area contributed by atoms with Crippen LogP contribution in [0.5, 0.6) is 0 Å². The van der Waals surface area contributed by atoms with E-state index < -0.39 is 35.7 Å². The molecule has 0 bridgehead atoms. The molecule has 1 fully saturated rings. The van der Waals surface area contributed by atoms with Gasteiger partial charge in [-0.2, -0.15) is 0 Å². The molecule has 0 aliphatic carbocycles. The van der Waals surface area contributed by atoms with Gasteiger partial charge in [0.1, 0.15) is 12.1 Å². The summed E-state index contributed by atoms with van der Waals surface area (Å²) in [4.78, 5) is 44.2. The van der Waals surface area contributed by atoms with Crippen molar-refractivity contribution in [2.45, 2.75) is 31.3 Å². The van der Waals surface area contributed by atoms with E-state index in [1.54, 1.807) is 0 Å². The number of amides is 4. The number of hydrogen-bond acceptors (Lipinski definition) is 4. The molecular weight excluding hydrogens is 228 g/mol. The van der Waals surface area contributed by atoms with Crippen molar-refractivity contribution in [3.8, 4) is 0 Å². The normalized spacial score (nSPS) is 23.8. The molecule has 94 valence electrons. The van der Waals surface area contributed by atoms with Crippen LogP contribution in [-0.2, 0) is 19.2 Å². The smallest absolute Gasteiger partial charge is 0.243 e. The SMILES string of the molecule is NC(=O)CC[C@@H]1NC(=O)[C@H](CC(N)=O)NC1=O. The third-order valence-electron chi connectivity index (χ3n) is 2.35. The van der Waals surface area contributed by atoms with Crippen molar-refractivity contribution in [3.63, 3.8) is 0 Å².